The van der Waals surface area contributed by atoms with E-state index in [0.717, 1.165) is 27.4 Å². The fourth-order valence-electron chi connectivity index (χ4n) is 3.37. The Morgan fingerprint density at radius 3 is 2.81 bits per heavy atom. The molecule has 1 fully saturated rings. The van der Waals surface area contributed by atoms with Crippen molar-refractivity contribution in [3.8, 4) is 11.3 Å². The molecule has 8 heteroatoms. The number of halogens is 3. The molecular formula is C19H15BrF2N4O. The van der Waals surface area contributed by atoms with Crippen molar-refractivity contribution in [3.63, 3.8) is 0 Å². The van der Waals surface area contributed by atoms with Crippen LogP contribution in [-0.4, -0.2) is 31.9 Å². The van der Waals surface area contributed by atoms with Gasteiger partial charge >= 0.3 is 0 Å². The Morgan fingerprint density at radius 2 is 2.07 bits per heavy atom. The average molecular weight is 433 g/mol. The van der Waals surface area contributed by atoms with E-state index >= 15 is 0 Å². The molecule has 1 unspecified atom stereocenters. The van der Waals surface area contributed by atoms with Gasteiger partial charge in [0.05, 0.1) is 11.0 Å². The number of carbonyl (C=O) groups excluding carboxylic acids is 1. The van der Waals surface area contributed by atoms with Crippen LogP contribution in [-0.2, 0) is 11.3 Å². The number of hydrogen-bond donors (Lipinski definition) is 0. The molecule has 1 amide bonds. The smallest absolute Gasteiger partial charge is 0.266 e. The van der Waals surface area contributed by atoms with E-state index in [1.807, 2.05) is 30.3 Å². The van der Waals surface area contributed by atoms with Crippen LogP contribution in [0.15, 0.2) is 59.4 Å². The van der Waals surface area contributed by atoms with Gasteiger partial charge in [0.25, 0.3) is 6.08 Å². The number of rotatable bonds is 4. The highest BCUT2D eigenvalue weighted by Gasteiger charge is 2.30. The van der Waals surface area contributed by atoms with Crippen LogP contribution in [0.1, 0.15) is 12.0 Å². The molecule has 0 aliphatic carbocycles. The van der Waals surface area contributed by atoms with Crippen molar-refractivity contribution >= 4 is 27.5 Å². The Bertz CT molecular complexity index is 1030. The number of amides is 1. The van der Waals surface area contributed by atoms with Gasteiger partial charge in [0.2, 0.25) is 5.91 Å². The summed E-state index contributed by atoms with van der Waals surface area (Å²) in [5, 5.41) is 4.63. The number of benzene rings is 1. The first-order chi connectivity index (χ1) is 13.0. The van der Waals surface area contributed by atoms with E-state index in [4.69, 9.17) is 0 Å². The fraction of sp³-hybridized carbons (Fsp3) is 0.211. The number of aromatic nitrogens is 3. The van der Waals surface area contributed by atoms with E-state index in [1.54, 1.807) is 21.8 Å². The quantitative estimate of drug-likeness (QED) is 0.617. The van der Waals surface area contributed by atoms with E-state index in [-0.39, 0.29) is 25.4 Å². The van der Waals surface area contributed by atoms with Crippen LogP contribution in [0.25, 0.3) is 16.9 Å². The Hall–Kier alpha value is -2.61. The molecule has 4 rings (SSSR count). The predicted octanol–water partition coefficient (Wildman–Crippen LogP) is 4.29. The molecule has 0 saturated carbocycles. The lowest BCUT2D eigenvalue weighted by molar-refractivity contribution is -0.128. The summed E-state index contributed by atoms with van der Waals surface area (Å²) in [4.78, 5) is 18.4. The summed E-state index contributed by atoms with van der Waals surface area (Å²) in [7, 11) is 0. The zero-order chi connectivity index (χ0) is 19.0. The van der Waals surface area contributed by atoms with Crippen LogP contribution in [0.5, 0.6) is 0 Å². The van der Waals surface area contributed by atoms with Crippen molar-refractivity contribution in [2.24, 2.45) is 5.92 Å². The van der Waals surface area contributed by atoms with Crippen molar-refractivity contribution in [1.82, 2.24) is 19.5 Å². The third-order valence-corrected chi connectivity index (χ3v) is 4.95. The van der Waals surface area contributed by atoms with E-state index in [2.05, 4.69) is 26.0 Å². The van der Waals surface area contributed by atoms with Crippen molar-refractivity contribution < 1.29 is 13.6 Å². The highest BCUT2D eigenvalue weighted by atomic mass is 79.9. The predicted molar refractivity (Wildman–Crippen MR) is 99.9 cm³/mol. The maximum Gasteiger partial charge on any atom is 0.266 e. The standard InChI is InChI=1S/C19H15BrF2N4O/c20-14-8-23-19-15(11-25-9-12(6-16(21)22)7-17(25)27)18(24-26(19)10-14)13-4-2-1-3-5-13/h1-6,8,10,12H,7,9,11H2. The number of nitrogens with zero attached hydrogens (tertiary/aromatic N) is 4. The molecule has 1 aliphatic rings. The van der Waals surface area contributed by atoms with E-state index in [1.165, 1.54) is 0 Å². The Labute approximate surface area is 162 Å². The Kier molecular flexibility index (Phi) is 4.73. The summed E-state index contributed by atoms with van der Waals surface area (Å²) in [6.07, 6.45) is 2.68. The number of hydrogen-bond acceptors (Lipinski definition) is 3. The van der Waals surface area contributed by atoms with Crippen molar-refractivity contribution in [2.45, 2.75) is 13.0 Å². The minimum Gasteiger partial charge on any atom is -0.338 e. The molecule has 1 aromatic carbocycles. The topological polar surface area (TPSA) is 50.5 Å². The molecule has 0 bridgehead atoms. The van der Waals surface area contributed by atoms with Crippen LogP contribution in [0.4, 0.5) is 8.78 Å². The molecule has 2 aromatic heterocycles. The fourth-order valence-corrected chi connectivity index (χ4v) is 3.67. The summed E-state index contributed by atoms with van der Waals surface area (Å²) in [6.45, 7) is 0.539. The lowest BCUT2D eigenvalue weighted by Gasteiger charge is -2.16. The van der Waals surface area contributed by atoms with Crippen LogP contribution in [0.3, 0.4) is 0 Å². The summed E-state index contributed by atoms with van der Waals surface area (Å²) < 4.78 is 27.6. The average Bonchev–Trinajstić information content (AvgIpc) is 3.15. The van der Waals surface area contributed by atoms with E-state index in [9.17, 15) is 13.6 Å². The Morgan fingerprint density at radius 1 is 1.30 bits per heavy atom. The summed E-state index contributed by atoms with van der Waals surface area (Å²) in [5.74, 6) is -0.611. The first-order valence-electron chi connectivity index (χ1n) is 8.40. The maximum absolute atomic E-state index is 12.6. The van der Waals surface area contributed by atoms with Crippen molar-refractivity contribution in [1.29, 1.82) is 0 Å². The van der Waals surface area contributed by atoms with Gasteiger partial charge in [-0.25, -0.2) is 9.50 Å². The molecule has 0 spiro atoms. The van der Waals surface area contributed by atoms with Gasteiger partial charge < -0.3 is 4.90 Å². The van der Waals surface area contributed by atoms with Gasteiger partial charge in [0.1, 0.15) is 5.69 Å². The van der Waals surface area contributed by atoms with Crippen LogP contribution >= 0.6 is 15.9 Å². The molecular weight excluding hydrogens is 418 g/mol. The number of carbonyl (C=O) groups is 1. The zero-order valence-corrected chi connectivity index (χ0v) is 15.7. The van der Waals surface area contributed by atoms with E-state index in [0.29, 0.717) is 5.65 Å². The molecule has 138 valence electrons. The van der Waals surface area contributed by atoms with Gasteiger partial charge in [-0.05, 0) is 22.0 Å². The van der Waals surface area contributed by atoms with Gasteiger partial charge in [-0.15, -0.1) is 0 Å². The van der Waals surface area contributed by atoms with Gasteiger partial charge in [0, 0.05) is 42.4 Å². The molecule has 0 radical (unpaired) electrons. The second-order valence-electron chi connectivity index (χ2n) is 6.43. The van der Waals surface area contributed by atoms with Crippen LogP contribution in [0, 0.1) is 5.92 Å². The number of fused-ring (bicyclic) bond motifs is 1. The van der Waals surface area contributed by atoms with Crippen molar-refractivity contribution in [3.05, 3.63) is 64.9 Å². The first-order valence-corrected chi connectivity index (χ1v) is 9.19. The molecule has 1 saturated heterocycles. The Balaban J connectivity index is 1.74. The second kappa shape index (κ2) is 7.19. The highest BCUT2D eigenvalue weighted by molar-refractivity contribution is 9.10. The van der Waals surface area contributed by atoms with Gasteiger partial charge in [-0.2, -0.15) is 13.9 Å². The zero-order valence-electron chi connectivity index (χ0n) is 14.1. The molecule has 3 aromatic rings. The normalized spacial score (nSPS) is 16.9. The molecule has 5 nitrogen and oxygen atoms in total. The summed E-state index contributed by atoms with van der Waals surface area (Å²) in [6, 6.07) is 9.63. The highest BCUT2D eigenvalue weighted by Crippen LogP contribution is 2.30. The summed E-state index contributed by atoms with van der Waals surface area (Å²) >= 11 is 3.39. The second-order valence-corrected chi connectivity index (χ2v) is 7.34. The van der Waals surface area contributed by atoms with Gasteiger partial charge in [-0.1, -0.05) is 30.3 Å². The van der Waals surface area contributed by atoms with Crippen molar-refractivity contribution in [2.75, 3.05) is 6.54 Å². The molecule has 27 heavy (non-hydrogen) atoms. The van der Waals surface area contributed by atoms with Gasteiger partial charge in [0.15, 0.2) is 5.65 Å². The third kappa shape index (κ3) is 3.62. The lowest BCUT2D eigenvalue weighted by Crippen LogP contribution is -2.24. The maximum atomic E-state index is 12.6. The van der Waals surface area contributed by atoms with Gasteiger partial charge in [-0.3, -0.25) is 4.79 Å². The molecule has 1 atom stereocenters. The molecule has 3 heterocycles. The van der Waals surface area contributed by atoms with Crippen LogP contribution in [0.2, 0.25) is 0 Å². The largest absolute Gasteiger partial charge is 0.338 e. The summed E-state index contributed by atoms with van der Waals surface area (Å²) in [5.41, 5.74) is 3.07. The minimum absolute atomic E-state index is 0.0935. The molecule has 1 aliphatic heterocycles. The number of likely N-dealkylation sites (tertiary alicyclic amines) is 1. The SMILES string of the molecule is O=C1CC(C=C(F)F)CN1Cc1c(-c2ccccc2)nn2cc(Br)cnc12. The lowest BCUT2D eigenvalue weighted by atomic mass is 10.1. The molecule has 0 N–H and O–H groups in total. The first kappa shape index (κ1) is 17.8. The van der Waals surface area contributed by atoms with E-state index < -0.39 is 12.0 Å². The van der Waals surface area contributed by atoms with Crippen LogP contribution < -0.4 is 0 Å². The minimum atomic E-state index is -1.75. The third-order valence-electron chi connectivity index (χ3n) is 4.54. The monoisotopic (exact) mass is 432 g/mol.